The van der Waals surface area contributed by atoms with E-state index in [2.05, 4.69) is 5.32 Å². The van der Waals surface area contributed by atoms with Gasteiger partial charge in [-0.05, 0) is 35.9 Å². The minimum Gasteiger partial charge on any atom is -0.508 e. The number of hydrogen-bond donors (Lipinski definition) is 4. The number of nitrogens with one attached hydrogen (secondary N) is 1. The molecule has 0 fully saturated rings. The summed E-state index contributed by atoms with van der Waals surface area (Å²) in [7, 11) is 0. The van der Waals surface area contributed by atoms with Gasteiger partial charge in [0.05, 0.1) is 16.7 Å². The molecule has 0 spiro atoms. The number of nitrogen functional groups attached to an aromatic ring is 1. The molecule has 0 aliphatic heterocycles. The van der Waals surface area contributed by atoms with Crippen LogP contribution in [0.4, 0.5) is 5.69 Å². The molecule has 21 heavy (non-hydrogen) atoms. The lowest BCUT2D eigenvalue weighted by Crippen LogP contribution is -2.28. The van der Waals surface area contributed by atoms with Crippen LogP contribution in [0.2, 0.25) is 5.02 Å². The van der Waals surface area contributed by atoms with E-state index in [4.69, 9.17) is 17.3 Å². The zero-order chi connectivity index (χ0) is 15.4. The molecule has 0 heterocycles. The first-order chi connectivity index (χ1) is 9.97. The van der Waals surface area contributed by atoms with Crippen LogP contribution in [0, 0.1) is 0 Å². The highest BCUT2D eigenvalue weighted by Gasteiger charge is 2.14. The van der Waals surface area contributed by atoms with E-state index in [0.717, 1.165) is 0 Å². The highest BCUT2D eigenvalue weighted by Crippen LogP contribution is 2.21. The van der Waals surface area contributed by atoms with Gasteiger partial charge in [0, 0.05) is 12.2 Å². The Bertz CT molecular complexity index is 644. The second-order valence-corrected chi connectivity index (χ2v) is 4.96. The van der Waals surface area contributed by atoms with Crippen LogP contribution in [0.3, 0.4) is 0 Å². The van der Waals surface area contributed by atoms with Crippen LogP contribution < -0.4 is 11.1 Å². The molecule has 0 aromatic heterocycles. The lowest BCUT2D eigenvalue weighted by molar-refractivity contribution is 0.0916. The van der Waals surface area contributed by atoms with Crippen LogP contribution in [0.15, 0.2) is 42.5 Å². The lowest BCUT2D eigenvalue weighted by atomic mass is 10.1. The molecule has 6 heteroatoms. The molecular weight excluding hydrogens is 292 g/mol. The van der Waals surface area contributed by atoms with E-state index < -0.39 is 12.0 Å². The van der Waals surface area contributed by atoms with Crippen molar-refractivity contribution in [1.29, 1.82) is 0 Å². The number of aromatic hydroxyl groups is 1. The van der Waals surface area contributed by atoms with Gasteiger partial charge in [-0.3, -0.25) is 4.79 Å². The molecular formula is C15H15ClN2O3. The van der Waals surface area contributed by atoms with E-state index in [-0.39, 0.29) is 22.9 Å². The van der Waals surface area contributed by atoms with Crippen molar-refractivity contribution in [1.82, 2.24) is 5.32 Å². The Morgan fingerprint density at radius 1 is 1.24 bits per heavy atom. The van der Waals surface area contributed by atoms with Gasteiger partial charge in [0.1, 0.15) is 5.75 Å². The molecule has 0 aliphatic carbocycles. The molecule has 2 aromatic rings. The number of aliphatic hydroxyl groups is 1. The second kappa shape index (κ2) is 6.47. The number of nitrogens with two attached hydrogens (primary N) is 1. The first-order valence-corrected chi connectivity index (χ1v) is 6.65. The number of phenolic OH excluding ortho intramolecular Hbond substituents is 1. The topological polar surface area (TPSA) is 95.6 Å². The van der Waals surface area contributed by atoms with Gasteiger partial charge < -0.3 is 21.3 Å². The zero-order valence-corrected chi connectivity index (χ0v) is 11.8. The van der Waals surface area contributed by atoms with Crippen molar-refractivity contribution in [3.63, 3.8) is 0 Å². The first-order valence-electron chi connectivity index (χ1n) is 6.27. The lowest BCUT2D eigenvalue weighted by Gasteiger charge is -2.13. The third kappa shape index (κ3) is 3.87. The maximum atomic E-state index is 12.0. The summed E-state index contributed by atoms with van der Waals surface area (Å²) in [5.74, 6) is -0.519. The number of benzene rings is 2. The Morgan fingerprint density at radius 2 is 1.90 bits per heavy atom. The summed E-state index contributed by atoms with van der Waals surface area (Å²) >= 11 is 5.89. The summed E-state index contributed by atoms with van der Waals surface area (Å²) in [6.07, 6.45) is -0.856. The molecule has 0 radical (unpaired) electrons. The van der Waals surface area contributed by atoms with E-state index >= 15 is 0 Å². The summed E-state index contributed by atoms with van der Waals surface area (Å²) < 4.78 is 0. The van der Waals surface area contributed by atoms with Crippen LogP contribution in [0.1, 0.15) is 22.0 Å². The predicted octanol–water partition coefficient (Wildman–Crippen LogP) is 2.09. The Kier molecular flexibility index (Phi) is 4.67. The number of anilines is 1. The van der Waals surface area contributed by atoms with Crippen molar-refractivity contribution < 1.29 is 15.0 Å². The Labute approximate surface area is 127 Å². The summed E-state index contributed by atoms with van der Waals surface area (Å²) in [6, 6.07) is 10.8. The minimum atomic E-state index is -0.856. The van der Waals surface area contributed by atoms with Gasteiger partial charge in [0.2, 0.25) is 0 Å². The number of amides is 1. The molecule has 0 saturated carbocycles. The average Bonchev–Trinajstić information content (AvgIpc) is 2.47. The smallest absolute Gasteiger partial charge is 0.253 e. The van der Waals surface area contributed by atoms with Crippen molar-refractivity contribution in [2.45, 2.75) is 6.10 Å². The Balaban J connectivity index is 2.00. The van der Waals surface area contributed by atoms with E-state index in [1.807, 2.05) is 0 Å². The number of aliphatic hydroxyl groups excluding tert-OH is 1. The van der Waals surface area contributed by atoms with E-state index in [1.54, 1.807) is 24.3 Å². The molecule has 5 nitrogen and oxygen atoms in total. The molecule has 5 N–H and O–H groups in total. The quantitative estimate of drug-likeness (QED) is 0.650. The van der Waals surface area contributed by atoms with Crippen LogP contribution in [-0.2, 0) is 0 Å². The highest BCUT2D eigenvalue weighted by molar-refractivity contribution is 6.33. The van der Waals surface area contributed by atoms with Gasteiger partial charge in [0.15, 0.2) is 0 Å². The monoisotopic (exact) mass is 306 g/mol. The maximum Gasteiger partial charge on any atom is 0.253 e. The Hall–Kier alpha value is -2.24. The van der Waals surface area contributed by atoms with Gasteiger partial charge in [-0.15, -0.1) is 0 Å². The van der Waals surface area contributed by atoms with E-state index in [9.17, 15) is 15.0 Å². The van der Waals surface area contributed by atoms with Crippen molar-refractivity contribution in [2.24, 2.45) is 0 Å². The number of carbonyl (C=O) groups excluding carboxylic acids is 1. The molecule has 0 aliphatic rings. The largest absolute Gasteiger partial charge is 0.508 e. The molecule has 1 atom stereocenters. The molecule has 1 amide bonds. The van der Waals surface area contributed by atoms with Gasteiger partial charge in [0.25, 0.3) is 5.91 Å². The second-order valence-electron chi connectivity index (χ2n) is 4.56. The molecule has 110 valence electrons. The minimum absolute atomic E-state index is 0.0226. The van der Waals surface area contributed by atoms with Crippen molar-refractivity contribution in [3.05, 3.63) is 58.6 Å². The fraction of sp³-hybridized carbons (Fsp3) is 0.133. The first kappa shape index (κ1) is 15.2. The van der Waals surface area contributed by atoms with Crippen molar-refractivity contribution >= 4 is 23.2 Å². The van der Waals surface area contributed by atoms with Gasteiger partial charge in [-0.2, -0.15) is 0 Å². The van der Waals surface area contributed by atoms with Crippen LogP contribution in [0.25, 0.3) is 0 Å². The third-order valence-electron chi connectivity index (χ3n) is 2.97. The highest BCUT2D eigenvalue weighted by atomic mass is 35.5. The summed E-state index contributed by atoms with van der Waals surface area (Å²) in [5.41, 5.74) is 6.96. The van der Waals surface area contributed by atoms with E-state index in [0.29, 0.717) is 11.3 Å². The summed E-state index contributed by atoms with van der Waals surface area (Å²) in [4.78, 5) is 12.0. The third-order valence-corrected chi connectivity index (χ3v) is 3.30. The van der Waals surface area contributed by atoms with Gasteiger partial charge in [-0.1, -0.05) is 23.7 Å². The predicted molar refractivity (Wildman–Crippen MR) is 81.3 cm³/mol. The average molecular weight is 307 g/mol. The SMILES string of the molecule is Nc1ccc(C(O)CNC(=O)c2cc(O)ccc2Cl)cc1. The zero-order valence-electron chi connectivity index (χ0n) is 11.1. The number of phenols is 1. The van der Waals surface area contributed by atoms with E-state index in [1.165, 1.54) is 18.2 Å². The molecule has 0 bridgehead atoms. The van der Waals surface area contributed by atoms with Crippen LogP contribution >= 0.6 is 11.6 Å². The van der Waals surface area contributed by atoms with Crippen LogP contribution in [0.5, 0.6) is 5.75 Å². The molecule has 1 unspecified atom stereocenters. The van der Waals surface area contributed by atoms with Crippen molar-refractivity contribution in [3.8, 4) is 5.75 Å². The summed E-state index contributed by atoms with van der Waals surface area (Å²) in [6.45, 7) is 0.0226. The normalized spacial score (nSPS) is 11.9. The number of hydrogen-bond acceptors (Lipinski definition) is 4. The fourth-order valence-electron chi connectivity index (χ4n) is 1.81. The Morgan fingerprint density at radius 3 is 2.57 bits per heavy atom. The van der Waals surface area contributed by atoms with Gasteiger partial charge >= 0.3 is 0 Å². The molecule has 2 aromatic carbocycles. The van der Waals surface area contributed by atoms with Crippen LogP contribution in [-0.4, -0.2) is 22.7 Å². The van der Waals surface area contributed by atoms with Crippen molar-refractivity contribution in [2.75, 3.05) is 12.3 Å². The number of halogens is 1. The summed E-state index contributed by atoms with van der Waals surface area (Å²) in [5, 5.41) is 22.2. The maximum absolute atomic E-state index is 12.0. The number of rotatable bonds is 4. The fourth-order valence-corrected chi connectivity index (χ4v) is 2.01. The molecule has 0 saturated heterocycles. The number of carbonyl (C=O) groups is 1. The molecule has 2 rings (SSSR count). The standard InChI is InChI=1S/C15H15ClN2O3/c16-13-6-5-11(19)7-12(13)15(21)18-8-14(20)9-1-3-10(17)4-2-9/h1-7,14,19-20H,8,17H2,(H,18,21). The van der Waals surface area contributed by atoms with Gasteiger partial charge in [-0.25, -0.2) is 0 Å².